The van der Waals surface area contributed by atoms with Crippen molar-refractivity contribution >= 4 is 28.3 Å². The van der Waals surface area contributed by atoms with Gasteiger partial charge in [-0.25, -0.2) is 0 Å². The highest BCUT2D eigenvalue weighted by Gasteiger charge is 2.38. The topological polar surface area (TPSA) is 93.3 Å². The average molecular weight is 570 g/mol. The second-order valence-corrected chi connectivity index (χ2v) is 10.1. The van der Waals surface area contributed by atoms with Crippen LogP contribution >= 0.6 is 11.3 Å². The Kier molecular flexibility index (Phi) is 7.11. The molecule has 2 aliphatic heterocycles. The fourth-order valence-electron chi connectivity index (χ4n) is 4.46. The first-order valence-corrected chi connectivity index (χ1v) is 12.6. The standard InChI is InChI=1S/C25H21F6N5O2S/c26-24(27,28)16-3-1-14(19(9-16)25(29,30)31)8-18(13-2-4-20-15(7-13)10-33-35-20)21-22(38)34-23(39-21)36-6-5-32-11-17(37)12-36/h1-4,7,9-10,17,32,37-38H,5-6,8,11-12H2. The number of aliphatic hydroxyl groups excluding tert-OH is 1. The van der Waals surface area contributed by atoms with E-state index in [2.05, 4.69) is 20.5 Å². The molecular weight excluding hydrogens is 548 g/mol. The van der Waals surface area contributed by atoms with Crippen LogP contribution in [0.5, 0.6) is 5.88 Å². The third kappa shape index (κ3) is 5.77. The number of fused-ring (bicyclic) bond motifs is 1. The van der Waals surface area contributed by atoms with Crippen LogP contribution in [-0.4, -0.2) is 53.7 Å². The fourth-order valence-corrected chi connectivity index (χ4v) is 5.52. The molecule has 2 aromatic carbocycles. The number of nitrogens with zero attached hydrogens (tertiary/aromatic N) is 4. The number of hydrogen-bond donors (Lipinski definition) is 3. The van der Waals surface area contributed by atoms with E-state index in [-0.39, 0.29) is 23.1 Å². The molecule has 0 spiro atoms. The summed E-state index contributed by atoms with van der Waals surface area (Å²) in [6.45, 7) is 1.60. The SMILES string of the molecule is Oc1nc(N2CCNCC(O)C2)sc1C(Cc1ccc(C(F)(F)F)cc1C(F)(F)F)=c1ccc2c(c1)C=NN=2. The molecule has 2 aliphatic rings. The van der Waals surface area contributed by atoms with Crippen molar-refractivity contribution in [1.29, 1.82) is 0 Å². The number of β-amino-alcohol motifs (C(OH)–C–C–N with tert-alkyl or cyclic N) is 1. The quantitative estimate of drug-likeness (QED) is 0.420. The Morgan fingerprint density at radius 2 is 1.87 bits per heavy atom. The van der Waals surface area contributed by atoms with E-state index in [1.54, 1.807) is 23.1 Å². The highest BCUT2D eigenvalue weighted by Crippen LogP contribution is 2.41. The highest BCUT2D eigenvalue weighted by molar-refractivity contribution is 7.17. The third-order valence-corrected chi connectivity index (χ3v) is 7.53. The molecule has 1 fully saturated rings. The van der Waals surface area contributed by atoms with Gasteiger partial charge in [-0.2, -0.15) is 41.5 Å². The number of nitrogens with one attached hydrogen (secondary N) is 1. The van der Waals surface area contributed by atoms with Crippen molar-refractivity contribution in [2.24, 2.45) is 10.2 Å². The molecule has 5 rings (SSSR count). The minimum Gasteiger partial charge on any atom is -0.492 e. The number of aromatic hydroxyl groups is 1. The molecule has 39 heavy (non-hydrogen) atoms. The molecule has 0 bridgehead atoms. The van der Waals surface area contributed by atoms with Gasteiger partial charge in [0.05, 0.1) is 33.7 Å². The number of halogens is 6. The number of aromatic nitrogens is 1. The van der Waals surface area contributed by atoms with Crippen LogP contribution in [0.1, 0.15) is 27.1 Å². The highest BCUT2D eigenvalue weighted by atomic mass is 32.1. The van der Waals surface area contributed by atoms with Gasteiger partial charge in [0.2, 0.25) is 5.88 Å². The molecule has 0 saturated carbocycles. The Bertz CT molecular complexity index is 1550. The zero-order valence-electron chi connectivity index (χ0n) is 20.0. The van der Waals surface area contributed by atoms with Crippen molar-refractivity contribution in [3.8, 4) is 5.88 Å². The number of hydrogen-bond acceptors (Lipinski definition) is 8. The molecule has 7 nitrogen and oxygen atoms in total. The van der Waals surface area contributed by atoms with E-state index in [0.717, 1.165) is 17.4 Å². The van der Waals surface area contributed by atoms with Crippen LogP contribution in [0.3, 0.4) is 0 Å². The summed E-state index contributed by atoms with van der Waals surface area (Å²) in [5.41, 5.74) is -2.39. The number of alkyl halides is 6. The summed E-state index contributed by atoms with van der Waals surface area (Å²) >= 11 is 1.02. The van der Waals surface area contributed by atoms with Gasteiger partial charge in [0.1, 0.15) is 0 Å². The Morgan fingerprint density at radius 1 is 1.08 bits per heavy atom. The van der Waals surface area contributed by atoms with Crippen molar-refractivity contribution in [2.75, 3.05) is 31.1 Å². The molecule has 1 unspecified atom stereocenters. The maximum Gasteiger partial charge on any atom is 0.416 e. The van der Waals surface area contributed by atoms with E-state index in [9.17, 15) is 36.6 Å². The van der Waals surface area contributed by atoms with Gasteiger partial charge in [0, 0.05) is 38.2 Å². The Labute approximate surface area is 221 Å². The lowest BCUT2D eigenvalue weighted by atomic mass is 9.94. The molecule has 0 aliphatic carbocycles. The van der Waals surface area contributed by atoms with E-state index in [4.69, 9.17) is 0 Å². The largest absolute Gasteiger partial charge is 0.492 e. The maximum atomic E-state index is 14.0. The van der Waals surface area contributed by atoms with Crippen molar-refractivity contribution < 1.29 is 36.6 Å². The monoisotopic (exact) mass is 569 g/mol. The summed E-state index contributed by atoms with van der Waals surface area (Å²) in [4.78, 5) is 6.13. The van der Waals surface area contributed by atoms with Crippen LogP contribution < -0.4 is 20.8 Å². The molecule has 1 aromatic heterocycles. The van der Waals surface area contributed by atoms with E-state index in [0.29, 0.717) is 47.0 Å². The average Bonchev–Trinajstić information content (AvgIpc) is 3.42. The normalized spacial score (nSPS) is 18.5. The lowest BCUT2D eigenvalue weighted by Gasteiger charge is -2.20. The smallest absolute Gasteiger partial charge is 0.416 e. The van der Waals surface area contributed by atoms with Crippen molar-refractivity contribution in [3.05, 3.63) is 74.1 Å². The summed E-state index contributed by atoms with van der Waals surface area (Å²) in [7, 11) is 0. The van der Waals surface area contributed by atoms with Crippen LogP contribution in [0.2, 0.25) is 0 Å². The summed E-state index contributed by atoms with van der Waals surface area (Å²) in [5, 5.41) is 33.2. The summed E-state index contributed by atoms with van der Waals surface area (Å²) in [5.74, 6) is -0.434. The van der Waals surface area contributed by atoms with E-state index in [1.807, 2.05) is 0 Å². The summed E-state index contributed by atoms with van der Waals surface area (Å²) < 4.78 is 81.6. The lowest BCUT2D eigenvalue weighted by Crippen LogP contribution is -2.32. The van der Waals surface area contributed by atoms with Gasteiger partial charge in [-0.1, -0.05) is 23.5 Å². The molecular formula is C25H21F6N5O2S. The predicted octanol–water partition coefficient (Wildman–Crippen LogP) is 3.07. The van der Waals surface area contributed by atoms with Crippen LogP contribution in [0.4, 0.5) is 31.5 Å². The van der Waals surface area contributed by atoms with Gasteiger partial charge in [0.25, 0.3) is 0 Å². The molecule has 3 aromatic rings. The fraction of sp³-hybridized carbons (Fsp3) is 0.320. The first kappa shape index (κ1) is 27.1. The van der Waals surface area contributed by atoms with Crippen LogP contribution in [0.25, 0.3) is 5.57 Å². The van der Waals surface area contributed by atoms with E-state index >= 15 is 0 Å². The van der Waals surface area contributed by atoms with Gasteiger partial charge in [-0.05, 0) is 40.6 Å². The minimum atomic E-state index is -5.05. The first-order valence-electron chi connectivity index (χ1n) is 11.8. The molecule has 0 radical (unpaired) electrons. The third-order valence-electron chi connectivity index (χ3n) is 6.36. The van der Waals surface area contributed by atoms with Crippen LogP contribution in [0.15, 0.2) is 46.6 Å². The molecule has 3 heterocycles. The van der Waals surface area contributed by atoms with Gasteiger partial charge < -0.3 is 20.4 Å². The lowest BCUT2D eigenvalue weighted by molar-refractivity contribution is -0.143. The molecule has 1 atom stereocenters. The van der Waals surface area contributed by atoms with Gasteiger partial charge in [-0.15, -0.1) is 0 Å². The predicted molar refractivity (Wildman–Crippen MR) is 132 cm³/mol. The summed E-state index contributed by atoms with van der Waals surface area (Å²) in [6.07, 6.45) is -9.68. The van der Waals surface area contributed by atoms with E-state index < -0.39 is 47.4 Å². The van der Waals surface area contributed by atoms with Gasteiger partial charge >= 0.3 is 12.4 Å². The first-order chi connectivity index (χ1) is 18.4. The van der Waals surface area contributed by atoms with Gasteiger partial charge in [0.15, 0.2) is 5.13 Å². The number of anilines is 1. The molecule has 1 saturated heterocycles. The number of rotatable bonds is 4. The number of aliphatic hydroxyl groups is 1. The second-order valence-electron chi connectivity index (χ2n) is 9.09. The zero-order chi connectivity index (χ0) is 27.9. The molecule has 3 N–H and O–H groups in total. The molecule has 14 heteroatoms. The molecule has 206 valence electrons. The Balaban J connectivity index is 1.66. The van der Waals surface area contributed by atoms with Crippen LogP contribution in [0, 0.1) is 0 Å². The summed E-state index contributed by atoms with van der Waals surface area (Å²) in [6, 6.07) is 6.38. The van der Waals surface area contributed by atoms with Gasteiger partial charge in [-0.3, -0.25) is 0 Å². The van der Waals surface area contributed by atoms with E-state index in [1.165, 1.54) is 6.21 Å². The number of benzene rings is 2. The second kappa shape index (κ2) is 10.2. The zero-order valence-corrected chi connectivity index (χ0v) is 20.8. The Hall–Kier alpha value is -3.49. The minimum absolute atomic E-state index is 0.102. The Morgan fingerprint density at radius 3 is 2.62 bits per heavy atom. The van der Waals surface area contributed by atoms with Crippen LogP contribution in [-0.2, 0) is 18.8 Å². The van der Waals surface area contributed by atoms with Crippen molar-refractivity contribution in [2.45, 2.75) is 24.9 Å². The molecule has 0 amide bonds. The maximum absolute atomic E-state index is 14.0. The van der Waals surface area contributed by atoms with Crippen molar-refractivity contribution in [3.63, 3.8) is 0 Å². The number of thiazole rings is 1. The van der Waals surface area contributed by atoms with Crippen molar-refractivity contribution in [1.82, 2.24) is 10.3 Å².